The molecule has 2 aromatic heterocycles. The molecule has 4 rings (SSSR count). The number of aromatic nitrogens is 3. The molecule has 0 bridgehead atoms. The SMILES string of the molecule is C/C=C\C(/C(C)=C\c1nc(C)cc(=O)[nH]1)N1CCc2ncc(-c3ccccc3F)cc2C1. The molecule has 5 nitrogen and oxygen atoms in total. The number of hydrogen-bond donors (Lipinski definition) is 1. The minimum atomic E-state index is -0.243. The molecule has 3 aromatic rings. The van der Waals surface area contributed by atoms with Crippen LogP contribution in [0.3, 0.4) is 0 Å². The Morgan fingerprint density at radius 3 is 2.84 bits per heavy atom. The predicted octanol–water partition coefficient (Wildman–Crippen LogP) is 4.69. The Morgan fingerprint density at radius 1 is 1.28 bits per heavy atom. The summed E-state index contributed by atoms with van der Waals surface area (Å²) in [7, 11) is 0. The van der Waals surface area contributed by atoms with Crippen LogP contribution >= 0.6 is 0 Å². The van der Waals surface area contributed by atoms with Crippen molar-refractivity contribution < 1.29 is 4.39 Å². The molecule has 1 unspecified atom stereocenters. The van der Waals surface area contributed by atoms with Gasteiger partial charge in [-0.3, -0.25) is 14.7 Å². The molecule has 0 aliphatic carbocycles. The fourth-order valence-electron chi connectivity index (χ4n) is 4.24. The van der Waals surface area contributed by atoms with E-state index in [1.54, 1.807) is 18.3 Å². The van der Waals surface area contributed by atoms with Gasteiger partial charge in [0.1, 0.15) is 11.6 Å². The highest BCUT2D eigenvalue weighted by atomic mass is 19.1. The van der Waals surface area contributed by atoms with Gasteiger partial charge in [0, 0.05) is 60.3 Å². The molecule has 1 aliphatic rings. The van der Waals surface area contributed by atoms with Crippen molar-refractivity contribution in [1.82, 2.24) is 19.9 Å². The van der Waals surface area contributed by atoms with Crippen LogP contribution < -0.4 is 5.56 Å². The Morgan fingerprint density at radius 2 is 2.09 bits per heavy atom. The zero-order valence-corrected chi connectivity index (χ0v) is 18.6. The molecule has 1 atom stereocenters. The summed E-state index contributed by atoms with van der Waals surface area (Å²) >= 11 is 0. The average Bonchev–Trinajstić information content (AvgIpc) is 2.76. The number of hydrogen-bond acceptors (Lipinski definition) is 4. The molecule has 164 valence electrons. The first-order chi connectivity index (χ1) is 15.4. The van der Waals surface area contributed by atoms with E-state index < -0.39 is 0 Å². The number of rotatable bonds is 5. The third kappa shape index (κ3) is 4.75. The second kappa shape index (κ2) is 9.40. The summed E-state index contributed by atoms with van der Waals surface area (Å²) in [4.78, 5) is 26.0. The number of aromatic amines is 1. The number of H-pyrrole nitrogens is 1. The molecule has 0 saturated carbocycles. The molecule has 32 heavy (non-hydrogen) atoms. The van der Waals surface area contributed by atoms with E-state index in [0.29, 0.717) is 23.6 Å². The third-order valence-corrected chi connectivity index (χ3v) is 5.74. The fraction of sp³-hybridized carbons (Fsp3) is 0.269. The maximum atomic E-state index is 14.3. The van der Waals surface area contributed by atoms with E-state index in [-0.39, 0.29) is 17.4 Å². The summed E-state index contributed by atoms with van der Waals surface area (Å²) in [5.74, 6) is 0.315. The van der Waals surface area contributed by atoms with E-state index in [1.807, 2.05) is 32.1 Å². The van der Waals surface area contributed by atoms with E-state index >= 15 is 0 Å². The molecule has 0 fully saturated rings. The summed E-state index contributed by atoms with van der Waals surface area (Å²) in [6, 6.07) is 10.4. The van der Waals surface area contributed by atoms with E-state index in [2.05, 4.69) is 38.9 Å². The van der Waals surface area contributed by atoms with Crippen molar-refractivity contribution in [2.45, 2.75) is 39.8 Å². The Bertz CT molecular complexity index is 1240. The summed E-state index contributed by atoms with van der Waals surface area (Å²) < 4.78 is 14.3. The van der Waals surface area contributed by atoms with Crippen LogP contribution in [0, 0.1) is 12.7 Å². The molecule has 6 heteroatoms. The lowest BCUT2D eigenvalue weighted by atomic mass is 9.97. The Kier molecular flexibility index (Phi) is 6.42. The zero-order chi connectivity index (χ0) is 22.7. The van der Waals surface area contributed by atoms with E-state index in [1.165, 1.54) is 12.1 Å². The van der Waals surface area contributed by atoms with E-state index in [9.17, 15) is 9.18 Å². The van der Waals surface area contributed by atoms with Crippen LogP contribution in [-0.2, 0) is 13.0 Å². The number of fused-ring (bicyclic) bond motifs is 1. The summed E-state index contributed by atoms with van der Waals surface area (Å²) in [5.41, 5.74) is 5.15. The fourth-order valence-corrected chi connectivity index (χ4v) is 4.24. The minimum absolute atomic E-state index is 0.0519. The number of nitrogens with zero attached hydrogens (tertiary/aromatic N) is 3. The monoisotopic (exact) mass is 430 g/mol. The highest BCUT2D eigenvalue weighted by molar-refractivity contribution is 5.64. The molecular formula is C26H27FN4O. The Balaban J connectivity index is 1.63. The molecule has 0 radical (unpaired) electrons. The van der Waals surface area contributed by atoms with Crippen LogP contribution in [0.15, 0.2) is 65.1 Å². The van der Waals surface area contributed by atoms with Crippen LogP contribution in [0.4, 0.5) is 4.39 Å². The van der Waals surface area contributed by atoms with Gasteiger partial charge in [-0.1, -0.05) is 30.4 Å². The smallest absolute Gasteiger partial charge is 0.251 e. The number of halogens is 1. The molecule has 0 saturated heterocycles. The van der Waals surface area contributed by atoms with Crippen molar-refractivity contribution >= 4 is 6.08 Å². The lowest BCUT2D eigenvalue weighted by Gasteiger charge is -2.34. The maximum absolute atomic E-state index is 14.3. The lowest BCUT2D eigenvalue weighted by Crippen LogP contribution is -2.39. The first kappa shape index (κ1) is 21.8. The summed E-state index contributed by atoms with van der Waals surface area (Å²) in [6.45, 7) is 7.44. The third-order valence-electron chi connectivity index (χ3n) is 5.74. The van der Waals surface area contributed by atoms with Gasteiger partial charge in [-0.15, -0.1) is 0 Å². The minimum Gasteiger partial charge on any atom is -0.307 e. The largest absolute Gasteiger partial charge is 0.307 e. The first-order valence-corrected chi connectivity index (χ1v) is 10.8. The van der Waals surface area contributed by atoms with Gasteiger partial charge in [0.25, 0.3) is 5.56 Å². The molecular weight excluding hydrogens is 403 g/mol. The average molecular weight is 431 g/mol. The number of benzene rings is 1. The van der Waals surface area contributed by atoms with E-state index in [4.69, 9.17) is 0 Å². The Labute approximate surface area is 187 Å². The van der Waals surface area contributed by atoms with E-state index in [0.717, 1.165) is 35.4 Å². The highest BCUT2D eigenvalue weighted by Gasteiger charge is 2.24. The molecule has 1 N–H and O–H groups in total. The quantitative estimate of drug-likeness (QED) is 0.597. The van der Waals surface area contributed by atoms with Gasteiger partial charge in [0.2, 0.25) is 0 Å². The summed E-state index contributed by atoms with van der Waals surface area (Å²) in [5, 5.41) is 0. The van der Waals surface area contributed by atoms with Gasteiger partial charge in [-0.25, -0.2) is 9.37 Å². The van der Waals surface area contributed by atoms with Gasteiger partial charge in [-0.05, 0) is 50.1 Å². The number of aryl methyl sites for hydroxylation is 1. The standard InChI is InChI=1S/C26H27FN4O/c1-4-7-24(17(2)12-25-29-18(3)13-26(32)30-25)31-11-10-23-20(16-31)14-19(15-28-23)21-8-5-6-9-22(21)27/h4-9,12-15,24H,10-11,16H2,1-3H3,(H,29,30,32)/b7-4-,17-12-. The Hall–Kier alpha value is -3.38. The number of nitrogens with one attached hydrogen (secondary N) is 1. The molecule has 1 aliphatic heterocycles. The zero-order valence-electron chi connectivity index (χ0n) is 18.6. The van der Waals surface area contributed by atoms with Crippen LogP contribution in [0.1, 0.15) is 36.6 Å². The van der Waals surface area contributed by atoms with Crippen molar-refractivity contribution in [1.29, 1.82) is 0 Å². The van der Waals surface area contributed by atoms with Crippen molar-refractivity contribution in [2.24, 2.45) is 0 Å². The normalized spacial score (nSPS) is 15.7. The first-order valence-electron chi connectivity index (χ1n) is 10.8. The van der Waals surface area contributed by atoms with Crippen LogP contribution in [0.5, 0.6) is 0 Å². The van der Waals surface area contributed by atoms with Gasteiger partial charge in [-0.2, -0.15) is 0 Å². The maximum Gasteiger partial charge on any atom is 0.251 e. The molecule has 3 heterocycles. The summed E-state index contributed by atoms with van der Waals surface area (Å²) in [6.07, 6.45) is 8.72. The number of allylic oxidation sites excluding steroid dienone is 1. The highest BCUT2D eigenvalue weighted by Crippen LogP contribution is 2.28. The van der Waals surface area contributed by atoms with Gasteiger partial charge in [0.15, 0.2) is 0 Å². The second-order valence-electron chi connectivity index (χ2n) is 8.16. The predicted molar refractivity (Wildman–Crippen MR) is 126 cm³/mol. The molecule has 0 amide bonds. The van der Waals surface area contributed by atoms with Crippen molar-refractivity contribution in [3.8, 4) is 11.1 Å². The van der Waals surface area contributed by atoms with Gasteiger partial charge < -0.3 is 4.98 Å². The van der Waals surface area contributed by atoms with Crippen LogP contribution in [0.25, 0.3) is 17.2 Å². The molecule has 1 aromatic carbocycles. The topological polar surface area (TPSA) is 61.9 Å². The van der Waals surface area contributed by atoms with Crippen LogP contribution in [-0.4, -0.2) is 32.4 Å². The van der Waals surface area contributed by atoms with Crippen molar-refractivity contribution in [3.63, 3.8) is 0 Å². The van der Waals surface area contributed by atoms with Crippen molar-refractivity contribution in [2.75, 3.05) is 6.54 Å². The van der Waals surface area contributed by atoms with Gasteiger partial charge >= 0.3 is 0 Å². The second-order valence-corrected chi connectivity index (χ2v) is 8.16. The van der Waals surface area contributed by atoms with Crippen LogP contribution in [0.2, 0.25) is 0 Å². The molecule has 0 spiro atoms. The lowest BCUT2D eigenvalue weighted by molar-refractivity contribution is 0.230. The van der Waals surface area contributed by atoms with Gasteiger partial charge in [0.05, 0.1) is 0 Å². The number of pyridine rings is 1. The van der Waals surface area contributed by atoms with Crippen molar-refractivity contribution in [3.05, 3.63) is 99.3 Å².